The maximum Gasteiger partial charge on any atom is 0.0794 e. The fraction of sp³-hybridized carbons (Fsp3) is 0.667. The van der Waals surface area contributed by atoms with Crippen molar-refractivity contribution < 1.29 is 0 Å². The largest absolute Gasteiger partial charge is 0.249 e. The Kier molecular flexibility index (Phi) is 2.66. The van der Waals surface area contributed by atoms with Gasteiger partial charge in [0.15, 0.2) is 0 Å². The summed E-state index contributed by atoms with van der Waals surface area (Å²) in [6.07, 6.45) is 2.45. The maximum atomic E-state index is 4.33. The zero-order valence-corrected chi connectivity index (χ0v) is 8.24. The Labute approximate surface area is 72.5 Å². The Bertz CT molecular complexity index is 201. The summed E-state index contributed by atoms with van der Waals surface area (Å²) in [7, 11) is 0. The lowest BCUT2D eigenvalue weighted by Gasteiger charge is -2.20. The Hall–Kier alpha value is -0.370. The van der Waals surface area contributed by atoms with Crippen LogP contribution in [0.1, 0.15) is 39.3 Å². The van der Waals surface area contributed by atoms with Crippen LogP contribution in [-0.2, 0) is 5.41 Å². The minimum Gasteiger partial charge on any atom is -0.249 e. The van der Waals surface area contributed by atoms with Crippen molar-refractivity contribution in [3.63, 3.8) is 0 Å². The standard InChI is InChI=1S/C9H15NS/c1-4-5-9(2,3)8-6-11-7-10-8/h6-7H,4-5H2,1-3H3. The van der Waals surface area contributed by atoms with Gasteiger partial charge in [0.1, 0.15) is 0 Å². The first-order valence-electron chi connectivity index (χ1n) is 4.05. The first kappa shape index (κ1) is 8.72. The average Bonchev–Trinajstić information content (AvgIpc) is 2.37. The zero-order valence-electron chi connectivity index (χ0n) is 7.42. The van der Waals surface area contributed by atoms with Crippen molar-refractivity contribution in [1.82, 2.24) is 4.98 Å². The smallest absolute Gasteiger partial charge is 0.0794 e. The van der Waals surface area contributed by atoms with Crippen LogP contribution in [0.2, 0.25) is 0 Å². The van der Waals surface area contributed by atoms with Crippen molar-refractivity contribution in [2.24, 2.45) is 0 Å². The highest BCUT2D eigenvalue weighted by Gasteiger charge is 2.20. The first-order chi connectivity index (χ1) is 5.17. The Morgan fingerprint density at radius 2 is 2.27 bits per heavy atom. The van der Waals surface area contributed by atoms with Crippen LogP contribution in [0.5, 0.6) is 0 Å². The van der Waals surface area contributed by atoms with E-state index in [9.17, 15) is 0 Å². The molecule has 0 aliphatic carbocycles. The molecule has 0 radical (unpaired) electrons. The van der Waals surface area contributed by atoms with E-state index in [-0.39, 0.29) is 5.41 Å². The molecular weight excluding hydrogens is 154 g/mol. The van der Waals surface area contributed by atoms with Crippen LogP contribution in [0.15, 0.2) is 10.9 Å². The molecule has 0 unspecified atom stereocenters. The second-order valence-corrected chi connectivity index (χ2v) is 4.23. The molecule has 0 saturated carbocycles. The molecule has 0 N–H and O–H groups in total. The fourth-order valence-electron chi connectivity index (χ4n) is 1.30. The number of hydrogen-bond acceptors (Lipinski definition) is 2. The van der Waals surface area contributed by atoms with E-state index >= 15 is 0 Å². The van der Waals surface area contributed by atoms with Crippen molar-refractivity contribution in [3.05, 3.63) is 16.6 Å². The van der Waals surface area contributed by atoms with E-state index in [0.29, 0.717) is 0 Å². The highest BCUT2D eigenvalue weighted by atomic mass is 32.1. The molecule has 62 valence electrons. The molecule has 1 rings (SSSR count). The quantitative estimate of drug-likeness (QED) is 0.677. The zero-order chi connectivity index (χ0) is 8.32. The van der Waals surface area contributed by atoms with Crippen LogP contribution in [-0.4, -0.2) is 4.98 Å². The van der Waals surface area contributed by atoms with Gasteiger partial charge < -0.3 is 0 Å². The number of nitrogens with zero attached hydrogens (tertiary/aromatic N) is 1. The number of hydrogen-bond donors (Lipinski definition) is 0. The topological polar surface area (TPSA) is 12.9 Å². The molecule has 0 aliphatic rings. The predicted molar refractivity (Wildman–Crippen MR) is 50.0 cm³/mol. The molecule has 0 fully saturated rings. The molecule has 0 atom stereocenters. The summed E-state index contributed by atoms with van der Waals surface area (Å²) in [6, 6.07) is 0. The van der Waals surface area contributed by atoms with E-state index in [0.717, 1.165) is 0 Å². The molecule has 1 aromatic rings. The van der Waals surface area contributed by atoms with Crippen LogP contribution in [0.4, 0.5) is 0 Å². The molecule has 0 aromatic carbocycles. The third-order valence-corrected chi connectivity index (χ3v) is 2.59. The van der Waals surface area contributed by atoms with Crippen LogP contribution < -0.4 is 0 Å². The third-order valence-electron chi connectivity index (χ3n) is 2.00. The molecule has 1 nitrogen and oxygen atoms in total. The summed E-state index contributed by atoms with van der Waals surface area (Å²) in [5.41, 5.74) is 3.42. The van der Waals surface area contributed by atoms with E-state index in [1.165, 1.54) is 18.5 Å². The second-order valence-electron chi connectivity index (χ2n) is 3.51. The van der Waals surface area contributed by atoms with E-state index in [1.807, 2.05) is 5.51 Å². The second kappa shape index (κ2) is 3.35. The van der Waals surface area contributed by atoms with E-state index in [1.54, 1.807) is 11.3 Å². The highest BCUT2D eigenvalue weighted by molar-refractivity contribution is 7.07. The molecule has 0 saturated heterocycles. The molecule has 1 aromatic heterocycles. The summed E-state index contributed by atoms with van der Waals surface area (Å²) < 4.78 is 0. The van der Waals surface area contributed by atoms with Gasteiger partial charge in [-0.25, -0.2) is 4.98 Å². The van der Waals surface area contributed by atoms with Gasteiger partial charge in [-0.1, -0.05) is 27.2 Å². The van der Waals surface area contributed by atoms with Crippen LogP contribution in [0.25, 0.3) is 0 Å². The van der Waals surface area contributed by atoms with Gasteiger partial charge in [0.05, 0.1) is 11.2 Å². The van der Waals surface area contributed by atoms with Gasteiger partial charge in [0, 0.05) is 10.8 Å². The molecule has 0 aliphatic heterocycles. The van der Waals surface area contributed by atoms with Gasteiger partial charge in [0.2, 0.25) is 0 Å². The average molecular weight is 169 g/mol. The maximum absolute atomic E-state index is 4.33. The van der Waals surface area contributed by atoms with E-state index in [2.05, 4.69) is 31.1 Å². The van der Waals surface area contributed by atoms with Gasteiger partial charge in [-0.05, 0) is 6.42 Å². The Morgan fingerprint density at radius 3 is 2.73 bits per heavy atom. The predicted octanol–water partition coefficient (Wildman–Crippen LogP) is 3.22. The van der Waals surface area contributed by atoms with Gasteiger partial charge in [-0.15, -0.1) is 11.3 Å². The van der Waals surface area contributed by atoms with Crippen molar-refractivity contribution in [2.75, 3.05) is 0 Å². The van der Waals surface area contributed by atoms with Gasteiger partial charge in [-0.2, -0.15) is 0 Å². The van der Waals surface area contributed by atoms with Crippen molar-refractivity contribution >= 4 is 11.3 Å². The lowest BCUT2D eigenvalue weighted by molar-refractivity contribution is 0.462. The van der Waals surface area contributed by atoms with Crippen molar-refractivity contribution in [3.8, 4) is 0 Å². The van der Waals surface area contributed by atoms with Gasteiger partial charge in [0.25, 0.3) is 0 Å². The lowest BCUT2D eigenvalue weighted by Crippen LogP contribution is -2.16. The van der Waals surface area contributed by atoms with Crippen molar-refractivity contribution in [1.29, 1.82) is 0 Å². The van der Waals surface area contributed by atoms with Gasteiger partial charge >= 0.3 is 0 Å². The molecule has 1 heterocycles. The van der Waals surface area contributed by atoms with Gasteiger partial charge in [-0.3, -0.25) is 0 Å². The molecule has 0 spiro atoms. The Balaban J connectivity index is 2.73. The summed E-state index contributed by atoms with van der Waals surface area (Å²) in [5, 5.41) is 2.15. The summed E-state index contributed by atoms with van der Waals surface area (Å²) in [6.45, 7) is 6.73. The summed E-state index contributed by atoms with van der Waals surface area (Å²) in [5.74, 6) is 0. The fourth-order valence-corrected chi connectivity index (χ4v) is 2.04. The minimum atomic E-state index is 0.273. The van der Waals surface area contributed by atoms with Crippen LogP contribution >= 0.6 is 11.3 Å². The monoisotopic (exact) mass is 169 g/mol. The first-order valence-corrected chi connectivity index (χ1v) is 5.00. The molecular formula is C9H15NS. The van der Waals surface area contributed by atoms with Crippen LogP contribution in [0, 0.1) is 0 Å². The normalized spacial score (nSPS) is 11.9. The molecule has 0 amide bonds. The molecule has 11 heavy (non-hydrogen) atoms. The number of rotatable bonds is 3. The number of aromatic nitrogens is 1. The lowest BCUT2D eigenvalue weighted by atomic mass is 9.85. The van der Waals surface area contributed by atoms with Crippen LogP contribution in [0.3, 0.4) is 0 Å². The SMILES string of the molecule is CCCC(C)(C)c1cscn1. The molecule has 2 heteroatoms. The Morgan fingerprint density at radius 1 is 1.55 bits per heavy atom. The summed E-state index contributed by atoms with van der Waals surface area (Å²) >= 11 is 1.68. The van der Waals surface area contributed by atoms with E-state index in [4.69, 9.17) is 0 Å². The number of thiazole rings is 1. The minimum absolute atomic E-state index is 0.273. The summed E-state index contributed by atoms with van der Waals surface area (Å²) in [4.78, 5) is 4.33. The van der Waals surface area contributed by atoms with Crippen molar-refractivity contribution in [2.45, 2.75) is 39.0 Å². The highest BCUT2D eigenvalue weighted by Crippen LogP contribution is 2.27. The molecule has 0 bridgehead atoms. The van der Waals surface area contributed by atoms with E-state index < -0.39 is 0 Å². The third kappa shape index (κ3) is 2.03.